The molecule has 0 radical (unpaired) electrons. The SMILES string of the molecule is O=C(O)c1csc(-c2nc(-c3ccc(F)cc3)oc2Sc2ccc(Cl)cn2)n1. The van der Waals surface area contributed by atoms with Gasteiger partial charge in [0, 0.05) is 17.1 Å². The van der Waals surface area contributed by atoms with Crippen molar-refractivity contribution in [1.29, 1.82) is 0 Å². The highest BCUT2D eigenvalue weighted by Crippen LogP contribution is 2.39. The van der Waals surface area contributed by atoms with Crippen molar-refractivity contribution in [1.82, 2.24) is 15.0 Å². The fraction of sp³-hybridized carbons (Fsp3) is 0. The highest BCUT2D eigenvalue weighted by Gasteiger charge is 2.22. The van der Waals surface area contributed by atoms with Gasteiger partial charge in [-0.15, -0.1) is 11.3 Å². The molecule has 0 saturated heterocycles. The van der Waals surface area contributed by atoms with Gasteiger partial charge in [-0.2, -0.15) is 0 Å². The van der Waals surface area contributed by atoms with Crippen molar-refractivity contribution < 1.29 is 18.7 Å². The number of hydrogen-bond acceptors (Lipinski definition) is 7. The van der Waals surface area contributed by atoms with E-state index in [1.54, 1.807) is 24.3 Å². The molecule has 0 aliphatic heterocycles. The molecular formula is C18H9ClFN3O3S2. The van der Waals surface area contributed by atoms with Gasteiger partial charge in [0.05, 0.1) is 5.02 Å². The molecule has 6 nitrogen and oxygen atoms in total. The molecule has 1 N–H and O–H groups in total. The van der Waals surface area contributed by atoms with Gasteiger partial charge in [-0.25, -0.2) is 24.1 Å². The largest absolute Gasteiger partial charge is 0.476 e. The number of oxazole rings is 1. The van der Waals surface area contributed by atoms with Crippen LogP contribution in [0.4, 0.5) is 4.39 Å². The molecule has 3 aromatic heterocycles. The van der Waals surface area contributed by atoms with Gasteiger partial charge in [0.2, 0.25) is 5.89 Å². The zero-order valence-corrected chi connectivity index (χ0v) is 16.2. The molecular weight excluding hydrogens is 425 g/mol. The average Bonchev–Trinajstić information content (AvgIpc) is 3.31. The van der Waals surface area contributed by atoms with E-state index in [0.29, 0.717) is 31.4 Å². The van der Waals surface area contributed by atoms with E-state index in [1.165, 1.54) is 35.5 Å². The number of hydrogen-bond donors (Lipinski definition) is 1. The predicted molar refractivity (Wildman–Crippen MR) is 103 cm³/mol. The van der Waals surface area contributed by atoms with Gasteiger partial charge in [-0.3, -0.25) is 0 Å². The first-order chi connectivity index (χ1) is 13.5. The second kappa shape index (κ2) is 7.70. The van der Waals surface area contributed by atoms with E-state index in [2.05, 4.69) is 15.0 Å². The highest BCUT2D eigenvalue weighted by molar-refractivity contribution is 7.99. The van der Waals surface area contributed by atoms with Gasteiger partial charge in [-0.1, -0.05) is 11.6 Å². The lowest BCUT2D eigenvalue weighted by Crippen LogP contribution is -1.95. The van der Waals surface area contributed by atoms with E-state index in [-0.39, 0.29) is 17.4 Å². The molecule has 0 unspecified atom stereocenters. The summed E-state index contributed by atoms with van der Waals surface area (Å²) in [5.41, 5.74) is 0.888. The summed E-state index contributed by atoms with van der Waals surface area (Å²) in [6.45, 7) is 0. The Hall–Kier alpha value is -2.75. The Morgan fingerprint density at radius 1 is 1.18 bits per heavy atom. The molecule has 4 rings (SSSR count). The molecule has 0 fully saturated rings. The molecule has 0 spiro atoms. The molecule has 3 heterocycles. The Labute approximate surface area is 171 Å². The summed E-state index contributed by atoms with van der Waals surface area (Å²) in [4.78, 5) is 23.9. The summed E-state index contributed by atoms with van der Waals surface area (Å²) in [6, 6.07) is 9.12. The number of aromatic nitrogens is 3. The third-order valence-electron chi connectivity index (χ3n) is 3.51. The quantitative estimate of drug-likeness (QED) is 0.444. The number of halogens is 2. The van der Waals surface area contributed by atoms with Crippen LogP contribution < -0.4 is 0 Å². The molecule has 0 amide bonds. The van der Waals surface area contributed by atoms with Crippen LogP contribution in [-0.2, 0) is 0 Å². The molecule has 4 aromatic rings. The minimum atomic E-state index is -1.13. The van der Waals surface area contributed by atoms with E-state index in [1.807, 2.05) is 0 Å². The van der Waals surface area contributed by atoms with Gasteiger partial charge in [0.1, 0.15) is 15.9 Å². The fourth-order valence-corrected chi connectivity index (χ4v) is 3.97. The lowest BCUT2D eigenvalue weighted by atomic mass is 10.2. The summed E-state index contributed by atoms with van der Waals surface area (Å²) in [5.74, 6) is -1.24. The van der Waals surface area contributed by atoms with Crippen molar-refractivity contribution in [2.75, 3.05) is 0 Å². The second-order valence-electron chi connectivity index (χ2n) is 5.42. The Balaban J connectivity index is 1.77. The molecule has 0 aliphatic carbocycles. The maximum absolute atomic E-state index is 13.2. The minimum Gasteiger partial charge on any atom is -0.476 e. The molecule has 0 atom stereocenters. The molecule has 0 bridgehead atoms. The van der Waals surface area contributed by atoms with Crippen molar-refractivity contribution in [3.8, 4) is 22.2 Å². The first-order valence-electron chi connectivity index (χ1n) is 7.75. The van der Waals surface area contributed by atoms with Crippen molar-refractivity contribution in [3.63, 3.8) is 0 Å². The smallest absolute Gasteiger partial charge is 0.355 e. The number of carboxylic acid groups (broad SMARTS) is 1. The zero-order chi connectivity index (χ0) is 19.7. The molecule has 28 heavy (non-hydrogen) atoms. The van der Waals surface area contributed by atoms with Gasteiger partial charge >= 0.3 is 5.97 Å². The van der Waals surface area contributed by atoms with Crippen molar-refractivity contribution in [2.45, 2.75) is 10.1 Å². The molecule has 0 saturated carbocycles. The number of carboxylic acids is 1. The molecule has 0 aliphatic rings. The molecule has 10 heteroatoms. The van der Waals surface area contributed by atoms with Crippen molar-refractivity contribution >= 4 is 40.7 Å². The van der Waals surface area contributed by atoms with E-state index in [4.69, 9.17) is 21.1 Å². The van der Waals surface area contributed by atoms with Crippen LogP contribution in [0.3, 0.4) is 0 Å². The third-order valence-corrected chi connectivity index (χ3v) is 5.50. The monoisotopic (exact) mass is 433 g/mol. The van der Waals surface area contributed by atoms with Crippen LogP contribution in [0, 0.1) is 5.82 Å². The van der Waals surface area contributed by atoms with E-state index >= 15 is 0 Å². The Bertz CT molecular complexity index is 1140. The average molecular weight is 434 g/mol. The summed E-state index contributed by atoms with van der Waals surface area (Å²) in [6.07, 6.45) is 1.51. The van der Waals surface area contributed by atoms with Crippen LogP contribution in [0.1, 0.15) is 10.5 Å². The summed E-state index contributed by atoms with van der Waals surface area (Å²) < 4.78 is 19.1. The Morgan fingerprint density at radius 2 is 1.96 bits per heavy atom. The van der Waals surface area contributed by atoms with Crippen LogP contribution in [0.15, 0.2) is 62.5 Å². The number of rotatable bonds is 5. The summed E-state index contributed by atoms with van der Waals surface area (Å²) in [5, 5.41) is 12.4. The lowest BCUT2D eigenvalue weighted by Gasteiger charge is -1.99. The standard InChI is InChI=1S/C18H9ClFN3O3S2/c19-10-3-6-13(21-7-10)28-18-14(16-22-12(8-27-16)17(24)25)23-15(26-18)9-1-4-11(20)5-2-9/h1-8H,(H,24,25). The van der Waals surface area contributed by atoms with E-state index in [9.17, 15) is 9.18 Å². The van der Waals surface area contributed by atoms with E-state index in [0.717, 1.165) is 11.3 Å². The Morgan fingerprint density at radius 3 is 2.61 bits per heavy atom. The first-order valence-corrected chi connectivity index (χ1v) is 9.82. The normalized spacial score (nSPS) is 10.9. The number of pyridine rings is 1. The van der Waals surface area contributed by atoms with Crippen LogP contribution >= 0.6 is 34.7 Å². The van der Waals surface area contributed by atoms with Crippen LogP contribution in [-0.4, -0.2) is 26.0 Å². The first kappa shape index (κ1) is 18.6. The number of thiazole rings is 1. The maximum atomic E-state index is 13.2. The van der Waals surface area contributed by atoms with E-state index < -0.39 is 5.97 Å². The minimum absolute atomic E-state index is 0.0769. The number of benzene rings is 1. The number of aromatic carboxylic acids is 1. The van der Waals surface area contributed by atoms with Gasteiger partial charge < -0.3 is 9.52 Å². The third kappa shape index (κ3) is 3.91. The van der Waals surface area contributed by atoms with Crippen molar-refractivity contribution in [2.24, 2.45) is 0 Å². The van der Waals surface area contributed by atoms with Crippen LogP contribution in [0.5, 0.6) is 0 Å². The highest BCUT2D eigenvalue weighted by atomic mass is 35.5. The Kier molecular flexibility index (Phi) is 5.12. The second-order valence-corrected chi connectivity index (χ2v) is 7.71. The molecule has 1 aromatic carbocycles. The fourth-order valence-electron chi connectivity index (χ4n) is 2.22. The molecule has 140 valence electrons. The van der Waals surface area contributed by atoms with Crippen LogP contribution in [0.2, 0.25) is 5.02 Å². The van der Waals surface area contributed by atoms with Gasteiger partial charge in [-0.05, 0) is 48.2 Å². The summed E-state index contributed by atoms with van der Waals surface area (Å²) in [7, 11) is 0. The van der Waals surface area contributed by atoms with Crippen molar-refractivity contribution in [3.05, 3.63) is 64.5 Å². The topological polar surface area (TPSA) is 89.1 Å². The maximum Gasteiger partial charge on any atom is 0.355 e. The lowest BCUT2D eigenvalue weighted by molar-refractivity contribution is 0.0691. The van der Waals surface area contributed by atoms with Gasteiger partial charge in [0.25, 0.3) is 0 Å². The predicted octanol–water partition coefficient (Wildman–Crippen LogP) is 5.50. The summed E-state index contributed by atoms with van der Waals surface area (Å²) >= 11 is 8.21. The number of carbonyl (C=O) groups is 1. The van der Waals surface area contributed by atoms with Gasteiger partial charge in [0.15, 0.2) is 16.5 Å². The van der Waals surface area contributed by atoms with Crippen LogP contribution in [0.25, 0.3) is 22.2 Å². The number of nitrogens with zero attached hydrogens (tertiary/aromatic N) is 3. The zero-order valence-electron chi connectivity index (χ0n) is 13.8.